The number of amides is 2. The summed E-state index contributed by atoms with van der Waals surface area (Å²) in [6.45, 7) is 1.91. The Bertz CT molecular complexity index is 728. The minimum absolute atomic E-state index is 0.0490. The van der Waals surface area contributed by atoms with Gasteiger partial charge in [0.1, 0.15) is 0 Å². The van der Waals surface area contributed by atoms with Crippen molar-refractivity contribution in [1.29, 1.82) is 0 Å². The van der Waals surface area contributed by atoms with Crippen LogP contribution in [0, 0.1) is 6.92 Å². The summed E-state index contributed by atoms with van der Waals surface area (Å²) in [6, 6.07) is 5.45. The number of hydrogen-bond acceptors (Lipinski definition) is 4. The van der Waals surface area contributed by atoms with Gasteiger partial charge in [0.05, 0.1) is 16.1 Å². The average Bonchev–Trinajstić information content (AvgIpc) is 3.17. The second-order valence-corrected chi connectivity index (χ2v) is 7.67. The molecule has 1 aliphatic rings. The number of hydrogen-bond donors (Lipinski definition) is 1. The number of anilines is 1. The Kier molecular flexibility index (Phi) is 5.58. The molecule has 0 radical (unpaired) electrons. The third-order valence-electron chi connectivity index (χ3n) is 4.79. The molecule has 25 heavy (non-hydrogen) atoms. The predicted octanol–water partition coefficient (Wildman–Crippen LogP) is 4.70. The standard InChI is InChI=1S/C19H24N2O3S/c1-13-12-16(20-18(22)15-10-7-11-24-15)25-17(13)19(23)21(2)14-8-5-3-4-6-9-14/h7,10-12,14H,3-6,8-9H2,1-2H3,(H,20,22). The summed E-state index contributed by atoms with van der Waals surface area (Å²) in [6.07, 6.45) is 8.53. The molecule has 134 valence electrons. The zero-order chi connectivity index (χ0) is 17.8. The number of rotatable bonds is 4. The van der Waals surface area contributed by atoms with Crippen molar-refractivity contribution in [2.75, 3.05) is 12.4 Å². The van der Waals surface area contributed by atoms with Crippen LogP contribution in [0.5, 0.6) is 0 Å². The summed E-state index contributed by atoms with van der Waals surface area (Å²) in [5.41, 5.74) is 0.894. The third kappa shape index (κ3) is 4.12. The summed E-state index contributed by atoms with van der Waals surface area (Å²) in [7, 11) is 1.90. The largest absolute Gasteiger partial charge is 0.459 e. The molecule has 6 heteroatoms. The molecule has 1 N–H and O–H groups in total. The first-order valence-corrected chi connectivity index (χ1v) is 9.60. The summed E-state index contributed by atoms with van der Waals surface area (Å²) in [4.78, 5) is 27.6. The van der Waals surface area contributed by atoms with Gasteiger partial charge in [-0.1, -0.05) is 25.7 Å². The fourth-order valence-corrected chi connectivity index (χ4v) is 4.36. The van der Waals surface area contributed by atoms with Crippen molar-refractivity contribution < 1.29 is 14.0 Å². The van der Waals surface area contributed by atoms with Gasteiger partial charge in [0.15, 0.2) is 5.76 Å². The van der Waals surface area contributed by atoms with Crippen LogP contribution in [-0.2, 0) is 0 Å². The zero-order valence-corrected chi connectivity index (χ0v) is 15.5. The lowest BCUT2D eigenvalue weighted by Crippen LogP contribution is -2.36. The van der Waals surface area contributed by atoms with Gasteiger partial charge in [0.25, 0.3) is 11.8 Å². The highest BCUT2D eigenvalue weighted by Gasteiger charge is 2.25. The molecule has 0 bridgehead atoms. The van der Waals surface area contributed by atoms with E-state index in [2.05, 4.69) is 5.32 Å². The molecule has 1 saturated carbocycles. The molecule has 2 aromatic rings. The van der Waals surface area contributed by atoms with Gasteiger partial charge in [-0.3, -0.25) is 9.59 Å². The molecule has 0 atom stereocenters. The second kappa shape index (κ2) is 7.87. The molecule has 2 amide bonds. The summed E-state index contributed by atoms with van der Waals surface area (Å²) in [5, 5.41) is 3.47. The van der Waals surface area contributed by atoms with Crippen molar-refractivity contribution in [2.45, 2.75) is 51.5 Å². The van der Waals surface area contributed by atoms with Gasteiger partial charge in [0, 0.05) is 13.1 Å². The zero-order valence-electron chi connectivity index (χ0n) is 14.7. The molecular weight excluding hydrogens is 336 g/mol. The smallest absolute Gasteiger partial charge is 0.291 e. The van der Waals surface area contributed by atoms with Crippen LogP contribution in [0.1, 0.15) is 64.3 Å². The van der Waals surface area contributed by atoms with E-state index in [0.717, 1.165) is 18.4 Å². The predicted molar refractivity (Wildman–Crippen MR) is 99.3 cm³/mol. The van der Waals surface area contributed by atoms with E-state index < -0.39 is 0 Å². The molecule has 0 saturated heterocycles. The maximum absolute atomic E-state index is 12.9. The van der Waals surface area contributed by atoms with Crippen LogP contribution >= 0.6 is 11.3 Å². The minimum Gasteiger partial charge on any atom is -0.459 e. The molecule has 2 aromatic heterocycles. The monoisotopic (exact) mass is 360 g/mol. The van der Waals surface area contributed by atoms with E-state index in [9.17, 15) is 9.59 Å². The average molecular weight is 360 g/mol. The number of carbonyl (C=O) groups excluding carboxylic acids is 2. The first-order valence-electron chi connectivity index (χ1n) is 8.78. The van der Waals surface area contributed by atoms with Crippen LogP contribution < -0.4 is 5.32 Å². The van der Waals surface area contributed by atoms with E-state index in [1.54, 1.807) is 12.1 Å². The molecule has 0 spiro atoms. The first kappa shape index (κ1) is 17.7. The Morgan fingerprint density at radius 1 is 1.24 bits per heavy atom. The van der Waals surface area contributed by atoms with E-state index in [1.807, 2.05) is 24.9 Å². The Morgan fingerprint density at radius 2 is 1.96 bits per heavy atom. The fourth-order valence-electron chi connectivity index (χ4n) is 3.31. The SMILES string of the molecule is Cc1cc(NC(=O)c2ccco2)sc1C(=O)N(C)C1CCCCCC1. The van der Waals surface area contributed by atoms with E-state index in [1.165, 1.54) is 43.3 Å². The van der Waals surface area contributed by atoms with E-state index >= 15 is 0 Å². The highest BCUT2D eigenvalue weighted by Crippen LogP contribution is 2.30. The van der Waals surface area contributed by atoms with Crippen molar-refractivity contribution >= 4 is 28.2 Å². The lowest BCUT2D eigenvalue weighted by atomic mass is 10.1. The van der Waals surface area contributed by atoms with Crippen LogP contribution in [0.4, 0.5) is 5.00 Å². The van der Waals surface area contributed by atoms with E-state index in [0.29, 0.717) is 15.9 Å². The molecule has 0 aromatic carbocycles. The molecule has 1 fully saturated rings. The van der Waals surface area contributed by atoms with Gasteiger partial charge < -0.3 is 14.6 Å². The molecule has 5 nitrogen and oxygen atoms in total. The van der Waals surface area contributed by atoms with Crippen LogP contribution in [0.15, 0.2) is 28.9 Å². The maximum atomic E-state index is 12.9. The third-order valence-corrected chi connectivity index (χ3v) is 5.93. The quantitative estimate of drug-likeness (QED) is 0.804. The van der Waals surface area contributed by atoms with Crippen molar-refractivity contribution in [2.24, 2.45) is 0 Å². The van der Waals surface area contributed by atoms with Crippen molar-refractivity contribution in [3.8, 4) is 0 Å². The Morgan fingerprint density at radius 3 is 2.60 bits per heavy atom. The van der Waals surface area contributed by atoms with Crippen molar-refractivity contribution in [3.63, 3.8) is 0 Å². The molecule has 3 rings (SSSR count). The normalized spacial score (nSPS) is 15.6. The van der Waals surface area contributed by atoms with Crippen molar-refractivity contribution in [3.05, 3.63) is 40.7 Å². The lowest BCUT2D eigenvalue weighted by Gasteiger charge is -2.27. The lowest BCUT2D eigenvalue weighted by molar-refractivity contribution is 0.0722. The second-order valence-electron chi connectivity index (χ2n) is 6.62. The van der Waals surface area contributed by atoms with Crippen molar-refractivity contribution in [1.82, 2.24) is 4.90 Å². The number of furan rings is 1. The van der Waals surface area contributed by atoms with Gasteiger partial charge in [-0.2, -0.15) is 0 Å². The van der Waals surface area contributed by atoms with Gasteiger partial charge in [-0.05, 0) is 43.5 Å². The fraction of sp³-hybridized carbons (Fsp3) is 0.474. The van der Waals surface area contributed by atoms with Crippen LogP contribution in [0.2, 0.25) is 0 Å². The van der Waals surface area contributed by atoms with Gasteiger partial charge >= 0.3 is 0 Å². The van der Waals surface area contributed by atoms with Gasteiger partial charge in [0.2, 0.25) is 0 Å². The Labute approximate surface area is 152 Å². The number of thiophene rings is 1. The van der Waals surface area contributed by atoms with Crippen LogP contribution in [0.3, 0.4) is 0 Å². The Balaban J connectivity index is 1.70. The van der Waals surface area contributed by atoms with Gasteiger partial charge in [-0.15, -0.1) is 11.3 Å². The number of carbonyl (C=O) groups is 2. The number of nitrogens with zero attached hydrogens (tertiary/aromatic N) is 1. The molecule has 0 unspecified atom stereocenters. The maximum Gasteiger partial charge on any atom is 0.291 e. The summed E-state index contributed by atoms with van der Waals surface area (Å²) < 4.78 is 5.10. The minimum atomic E-state index is -0.303. The van der Waals surface area contributed by atoms with Gasteiger partial charge in [-0.25, -0.2) is 0 Å². The Hall–Kier alpha value is -2.08. The summed E-state index contributed by atoms with van der Waals surface area (Å²) >= 11 is 1.33. The number of nitrogens with one attached hydrogen (secondary N) is 1. The summed E-state index contributed by atoms with van der Waals surface area (Å²) in [5.74, 6) is 0.00442. The molecular formula is C19H24N2O3S. The highest BCUT2D eigenvalue weighted by atomic mass is 32.1. The molecule has 0 aliphatic heterocycles. The highest BCUT2D eigenvalue weighted by molar-refractivity contribution is 7.18. The van der Waals surface area contributed by atoms with Crippen LogP contribution in [-0.4, -0.2) is 29.8 Å². The van der Waals surface area contributed by atoms with Crippen LogP contribution in [0.25, 0.3) is 0 Å². The van der Waals surface area contributed by atoms with E-state index in [4.69, 9.17) is 4.42 Å². The number of aryl methyl sites for hydroxylation is 1. The topological polar surface area (TPSA) is 62.6 Å². The molecule has 1 aliphatic carbocycles. The first-order chi connectivity index (χ1) is 12.1. The van der Waals surface area contributed by atoms with E-state index in [-0.39, 0.29) is 17.6 Å². The molecule has 2 heterocycles.